The molecule has 0 aliphatic heterocycles. The third kappa shape index (κ3) is 3.75. The fraction of sp³-hybridized carbons (Fsp3) is 0.333. The van der Waals surface area contributed by atoms with Crippen LogP contribution in [0.25, 0.3) is 0 Å². The van der Waals surface area contributed by atoms with Gasteiger partial charge in [0.2, 0.25) is 5.91 Å². The number of nitrogens with zero attached hydrogens (tertiary/aromatic N) is 2. The zero-order valence-corrected chi connectivity index (χ0v) is 12.4. The molecule has 0 fully saturated rings. The van der Waals surface area contributed by atoms with Crippen molar-refractivity contribution in [3.8, 4) is 11.5 Å². The van der Waals surface area contributed by atoms with Crippen molar-refractivity contribution in [2.75, 3.05) is 14.2 Å². The maximum Gasteiger partial charge on any atom is 0.242 e. The van der Waals surface area contributed by atoms with Crippen LogP contribution in [-0.2, 0) is 11.3 Å². The van der Waals surface area contributed by atoms with Gasteiger partial charge in [0.25, 0.3) is 0 Å². The van der Waals surface area contributed by atoms with Crippen LogP contribution < -0.4 is 14.8 Å². The summed E-state index contributed by atoms with van der Waals surface area (Å²) >= 11 is 0. The van der Waals surface area contributed by atoms with Gasteiger partial charge in [-0.25, -0.2) is 0 Å². The molecule has 0 radical (unpaired) electrons. The molecule has 1 aromatic carbocycles. The van der Waals surface area contributed by atoms with Crippen molar-refractivity contribution >= 4 is 5.91 Å². The summed E-state index contributed by atoms with van der Waals surface area (Å²) in [6, 6.07) is 7.09. The lowest BCUT2D eigenvalue weighted by Gasteiger charge is -2.18. The van der Waals surface area contributed by atoms with Crippen molar-refractivity contribution < 1.29 is 14.3 Å². The molecule has 0 spiro atoms. The third-order valence-corrected chi connectivity index (χ3v) is 3.15. The Kier molecular flexibility index (Phi) is 4.81. The molecule has 0 saturated carbocycles. The number of ether oxygens (including phenoxy) is 2. The topological polar surface area (TPSA) is 65.4 Å². The number of rotatable bonds is 6. The Morgan fingerprint density at radius 1 is 1.38 bits per heavy atom. The highest BCUT2D eigenvalue weighted by molar-refractivity contribution is 5.76. The average Bonchev–Trinajstić information content (AvgIpc) is 2.99. The second kappa shape index (κ2) is 6.78. The first kappa shape index (κ1) is 14.9. The molecule has 1 amide bonds. The number of amides is 1. The summed E-state index contributed by atoms with van der Waals surface area (Å²) in [5.41, 5.74) is 0.866. The maximum absolute atomic E-state index is 12.0. The number of carbonyl (C=O) groups is 1. The van der Waals surface area contributed by atoms with Gasteiger partial charge in [0.05, 0.1) is 20.3 Å². The molecule has 0 unspecified atom stereocenters. The SMILES string of the molecule is COc1ccc(OC)c([C@@H](C)NC(=O)Cn2cccn2)c1. The number of aromatic nitrogens is 2. The lowest BCUT2D eigenvalue weighted by Crippen LogP contribution is -2.30. The minimum absolute atomic E-state index is 0.115. The lowest BCUT2D eigenvalue weighted by atomic mass is 10.1. The van der Waals surface area contributed by atoms with Crippen LogP contribution in [0.5, 0.6) is 11.5 Å². The molecule has 0 aliphatic carbocycles. The molecule has 1 heterocycles. The summed E-state index contributed by atoms with van der Waals surface area (Å²) in [6.07, 6.45) is 3.39. The summed E-state index contributed by atoms with van der Waals surface area (Å²) in [4.78, 5) is 12.0. The van der Waals surface area contributed by atoms with Crippen molar-refractivity contribution in [2.24, 2.45) is 0 Å². The fourth-order valence-electron chi connectivity index (χ4n) is 2.08. The van der Waals surface area contributed by atoms with E-state index >= 15 is 0 Å². The molecule has 1 aromatic heterocycles. The minimum Gasteiger partial charge on any atom is -0.497 e. The highest BCUT2D eigenvalue weighted by Crippen LogP contribution is 2.29. The predicted octanol–water partition coefficient (Wildman–Crippen LogP) is 1.78. The quantitative estimate of drug-likeness (QED) is 0.880. The predicted molar refractivity (Wildman–Crippen MR) is 78.3 cm³/mol. The number of nitrogens with one attached hydrogen (secondary N) is 1. The molecular weight excluding hydrogens is 270 g/mol. The minimum atomic E-state index is -0.196. The molecule has 112 valence electrons. The van der Waals surface area contributed by atoms with Crippen LogP contribution >= 0.6 is 0 Å². The van der Waals surface area contributed by atoms with Gasteiger partial charge >= 0.3 is 0 Å². The molecule has 1 atom stereocenters. The van der Waals surface area contributed by atoms with Gasteiger partial charge in [-0.05, 0) is 31.2 Å². The summed E-state index contributed by atoms with van der Waals surface area (Å²) in [5, 5.41) is 6.93. The molecule has 0 aliphatic rings. The fourth-order valence-corrected chi connectivity index (χ4v) is 2.08. The molecule has 0 bridgehead atoms. The van der Waals surface area contributed by atoms with Gasteiger partial charge in [0, 0.05) is 18.0 Å². The van der Waals surface area contributed by atoms with E-state index in [-0.39, 0.29) is 18.5 Å². The Hall–Kier alpha value is -2.50. The van der Waals surface area contributed by atoms with Crippen molar-refractivity contribution in [2.45, 2.75) is 19.5 Å². The third-order valence-electron chi connectivity index (χ3n) is 3.15. The molecule has 6 nitrogen and oxygen atoms in total. The number of hydrogen-bond acceptors (Lipinski definition) is 4. The van der Waals surface area contributed by atoms with E-state index in [0.717, 1.165) is 11.3 Å². The Labute approximate surface area is 123 Å². The standard InChI is InChI=1S/C15H19N3O3/c1-11(17-15(19)10-18-8-4-7-16-18)13-9-12(20-2)5-6-14(13)21-3/h4-9,11H,10H2,1-3H3,(H,17,19)/t11-/m1/s1. The van der Waals surface area contributed by atoms with Gasteiger partial charge in [-0.1, -0.05) is 0 Å². The van der Waals surface area contributed by atoms with Gasteiger partial charge in [-0.3, -0.25) is 9.48 Å². The normalized spacial score (nSPS) is 11.8. The van der Waals surface area contributed by atoms with E-state index in [9.17, 15) is 4.79 Å². The molecule has 2 rings (SSSR count). The van der Waals surface area contributed by atoms with E-state index in [1.54, 1.807) is 37.4 Å². The Morgan fingerprint density at radius 3 is 2.81 bits per heavy atom. The summed E-state index contributed by atoms with van der Waals surface area (Å²) < 4.78 is 12.1. The van der Waals surface area contributed by atoms with E-state index in [1.165, 1.54) is 0 Å². The number of carbonyl (C=O) groups excluding carboxylic acids is 1. The molecule has 6 heteroatoms. The Balaban J connectivity index is 2.08. The van der Waals surface area contributed by atoms with Crippen LogP contribution in [0.3, 0.4) is 0 Å². The largest absolute Gasteiger partial charge is 0.497 e. The second-order valence-corrected chi connectivity index (χ2v) is 4.60. The van der Waals surface area contributed by atoms with Crippen LogP contribution in [0.2, 0.25) is 0 Å². The molecule has 1 N–H and O–H groups in total. The Bertz CT molecular complexity index is 596. The van der Waals surface area contributed by atoms with E-state index in [4.69, 9.17) is 9.47 Å². The van der Waals surface area contributed by atoms with E-state index < -0.39 is 0 Å². The molecule has 21 heavy (non-hydrogen) atoms. The Morgan fingerprint density at radius 2 is 2.19 bits per heavy atom. The number of methoxy groups -OCH3 is 2. The highest BCUT2D eigenvalue weighted by Gasteiger charge is 2.15. The van der Waals surface area contributed by atoms with Gasteiger partial charge in [-0.2, -0.15) is 5.10 Å². The van der Waals surface area contributed by atoms with E-state index in [1.807, 2.05) is 25.1 Å². The van der Waals surface area contributed by atoms with Crippen LogP contribution in [0.4, 0.5) is 0 Å². The second-order valence-electron chi connectivity index (χ2n) is 4.60. The summed E-state index contributed by atoms with van der Waals surface area (Å²) in [5.74, 6) is 1.32. The van der Waals surface area contributed by atoms with Crippen LogP contribution in [-0.4, -0.2) is 29.9 Å². The number of benzene rings is 1. The van der Waals surface area contributed by atoms with Crippen molar-refractivity contribution in [1.29, 1.82) is 0 Å². The first-order valence-corrected chi connectivity index (χ1v) is 6.62. The maximum atomic E-state index is 12.0. The van der Waals surface area contributed by atoms with E-state index in [0.29, 0.717) is 5.75 Å². The van der Waals surface area contributed by atoms with Crippen LogP contribution in [0.1, 0.15) is 18.5 Å². The molecule has 0 saturated heterocycles. The van der Waals surface area contributed by atoms with Crippen molar-refractivity contribution in [3.05, 3.63) is 42.2 Å². The van der Waals surface area contributed by atoms with Crippen molar-refractivity contribution in [1.82, 2.24) is 15.1 Å². The van der Waals surface area contributed by atoms with Crippen molar-refractivity contribution in [3.63, 3.8) is 0 Å². The first-order chi connectivity index (χ1) is 10.1. The van der Waals surface area contributed by atoms with Crippen LogP contribution in [0, 0.1) is 0 Å². The van der Waals surface area contributed by atoms with Gasteiger partial charge in [0.15, 0.2) is 0 Å². The number of hydrogen-bond donors (Lipinski definition) is 1. The zero-order valence-electron chi connectivity index (χ0n) is 12.4. The molecule has 2 aromatic rings. The summed E-state index contributed by atoms with van der Waals surface area (Å²) in [7, 11) is 3.20. The van der Waals surface area contributed by atoms with Gasteiger partial charge in [-0.15, -0.1) is 0 Å². The monoisotopic (exact) mass is 289 g/mol. The molecular formula is C15H19N3O3. The highest BCUT2D eigenvalue weighted by atomic mass is 16.5. The van der Waals surface area contributed by atoms with E-state index in [2.05, 4.69) is 10.4 Å². The van der Waals surface area contributed by atoms with Gasteiger partial charge in [0.1, 0.15) is 18.0 Å². The van der Waals surface area contributed by atoms with Crippen LogP contribution in [0.15, 0.2) is 36.7 Å². The van der Waals surface area contributed by atoms with Gasteiger partial charge < -0.3 is 14.8 Å². The lowest BCUT2D eigenvalue weighted by molar-refractivity contribution is -0.122. The average molecular weight is 289 g/mol. The first-order valence-electron chi connectivity index (χ1n) is 6.62. The smallest absolute Gasteiger partial charge is 0.242 e. The zero-order chi connectivity index (χ0) is 15.2. The summed E-state index contributed by atoms with van der Waals surface area (Å²) in [6.45, 7) is 2.09.